The van der Waals surface area contributed by atoms with Crippen molar-refractivity contribution < 1.29 is 9.53 Å². The summed E-state index contributed by atoms with van der Waals surface area (Å²) in [5, 5.41) is 0. The zero-order valence-corrected chi connectivity index (χ0v) is 10.4. The van der Waals surface area contributed by atoms with Gasteiger partial charge in [-0.1, -0.05) is 13.0 Å². The third-order valence-electron chi connectivity index (χ3n) is 2.75. The third kappa shape index (κ3) is 1.95. The van der Waals surface area contributed by atoms with Gasteiger partial charge < -0.3 is 15.0 Å². The van der Waals surface area contributed by atoms with Crippen molar-refractivity contribution in [2.45, 2.75) is 13.3 Å². The van der Waals surface area contributed by atoms with E-state index in [0.717, 1.165) is 12.2 Å². The van der Waals surface area contributed by atoms with E-state index in [0.29, 0.717) is 16.9 Å². The number of para-hydroxylation sites is 1. The average Bonchev–Trinajstić information content (AvgIpc) is 2.85. The zero-order valence-electron chi connectivity index (χ0n) is 10.4. The molecule has 0 saturated heterocycles. The molecule has 0 unspecified atom stereocenters. The first-order valence-corrected chi connectivity index (χ1v) is 5.68. The van der Waals surface area contributed by atoms with Gasteiger partial charge in [0.2, 0.25) is 0 Å². The van der Waals surface area contributed by atoms with Gasteiger partial charge in [-0.15, -0.1) is 0 Å². The summed E-state index contributed by atoms with van der Waals surface area (Å²) in [7, 11) is 1.35. The van der Waals surface area contributed by atoms with Gasteiger partial charge in [-0.2, -0.15) is 0 Å². The molecular formula is C13H15N3O2. The van der Waals surface area contributed by atoms with Crippen LogP contribution in [0.3, 0.4) is 0 Å². The quantitative estimate of drug-likeness (QED) is 0.661. The molecule has 2 rings (SSSR count). The molecule has 0 aliphatic heterocycles. The number of aryl methyl sites for hydroxylation is 1. The van der Waals surface area contributed by atoms with Gasteiger partial charge in [0, 0.05) is 18.8 Å². The number of benzene rings is 1. The molecule has 0 aliphatic rings. The first-order chi connectivity index (χ1) is 8.69. The molecule has 1 aromatic heterocycles. The highest BCUT2D eigenvalue weighted by Gasteiger charge is 2.17. The first kappa shape index (κ1) is 12.2. The van der Waals surface area contributed by atoms with E-state index < -0.39 is 5.97 Å². The zero-order chi connectivity index (χ0) is 13.1. The summed E-state index contributed by atoms with van der Waals surface area (Å²) in [6.07, 6.45) is 4.23. The monoisotopic (exact) mass is 245 g/mol. The lowest BCUT2D eigenvalue weighted by Gasteiger charge is -2.13. The van der Waals surface area contributed by atoms with E-state index in [1.54, 1.807) is 30.6 Å². The molecule has 1 aromatic carbocycles. The van der Waals surface area contributed by atoms with Crippen LogP contribution >= 0.6 is 0 Å². The second-order valence-corrected chi connectivity index (χ2v) is 3.80. The Morgan fingerprint density at radius 3 is 2.94 bits per heavy atom. The lowest BCUT2D eigenvalue weighted by atomic mass is 10.1. The van der Waals surface area contributed by atoms with Crippen molar-refractivity contribution in [2.75, 3.05) is 12.8 Å². The number of nitrogens with zero attached hydrogens (tertiary/aromatic N) is 2. The summed E-state index contributed by atoms with van der Waals surface area (Å²) in [5.41, 5.74) is 7.55. The normalized spacial score (nSPS) is 10.3. The van der Waals surface area contributed by atoms with Crippen molar-refractivity contribution >= 4 is 11.7 Å². The number of imidazole rings is 1. The Bertz CT molecular complexity index is 575. The van der Waals surface area contributed by atoms with Crippen molar-refractivity contribution in [1.82, 2.24) is 9.55 Å². The minimum absolute atomic E-state index is 0.409. The molecule has 0 fully saturated rings. The van der Waals surface area contributed by atoms with Crippen LogP contribution in [0.15, 0.2) is 30.6 Å². The minimum atomic E-state index is -0.409. The number of methoxy groups -OCH3 is 1. The number of carbonyl (C=O) groups excluding carboxylic acids is 1. The van der Waals surface area contributed by atoms with Gasteiger partial charge >= 0.3 is 5.97 Å². The molecule has 18 heavy (non-hydrogen) atoms. The number of esters is 1. The van der Waals surface area contributed by atoms with Crippen molar-refractivity contribution in [3.8, 4) is 5.69 Å². The van der Waals surface area contributed by atoms with E-state index in [1.807, 2.05) is 11.5 Å². The fraction of sp³-hybridized carbons (Fsp3) is 0.231. The number of nitrogens with two attached hydrogens (primary N) is 1. The number of rotatable bonds is 3. The number of carbonyl (C=O) groups is 1. The van der Waals surface area contributed by atoms with Gasteiger partial charge in [0.25, 0.3) is 0 Å². The van der Waals surface area contributed by atoms with Crippen LogP contribution in [-0.2, 0) is 11.2 Å². The lowest BCUT2D eigenvalue weighted by Crippen LogP contribution is -2.11. The molecule has 0 amide bonds. The standard InChI is InChI=1S/C13H15N3O2/c1-3-11-15-7-8-16(11)12-9(13(17)18-2)5-4-6-10(12)14/h4-8H,3,14H2,1-2H3. The molecule has 0 bridgehead atoms. The minimum Gasteiger partial charge on any atom is -0.465 e. The van der Waals surface area contributed by atoms with E-state index in [2.05, 4.69) is 4.98 Å². The lowest BCUT2D eigenvalue weighted by molar-refractivity contribution is 0.0601. The summed E-state index contributed by atoms with van der Waals surface area (Å²) < 4.78 is 6.60. The van der Waals surface area contributed by atoms with Gasteiger partial charge in [0.15, 0.2) is 0 Å². The maximum absolute atomic E-state index is 11.8. The molecule has 5 heteroatoms. The second kappa shape index (κ2) is 4.91. The van der Waals surface area contributed by atoms with Gasteiger partial charge in [-0.3, -0.25) is 0 Å². The highest BCUT2D eigenvalue weighted by molar-refractivity contribution is 5.96. The Kier molecular flexibility index (Phi) is 3.32. The van der Waals surface area contributed by atoms with E-state index in [9.17, 15) is 4.79 Å². The number of aromatic nitrogens is 2. The Balaban J connectivity index is 2.66. The van der Waals surface area contributed by atoms with Crippen molar-refractivity contribution in [1.29, 1.82) is 0 Å². The third-order valence-corrected chi connectivity index (χ3v) is 2.75. The summed E-state index contributed by atoms with van der Waals surface area (Å²) in [6, 6.07) is 5.17. The smallest absolute Gasteiger partial charge is 0.340 e. The van der Waals surface area contributed by atoms with E-state index in [4.69, 9.17) is 10.5 Å². The SMILES string of the molecule is CCc1nccn1-c1c(N)cccc1C(=O)OC. The summed E-state index contributed by atoms with van der Waals surface area (Å²) in [5.74, 6) is 0.436. The maximum Gasteiger partial charge on any atom is 0.340 e. The molecule has 5 nitrogen and oxygen atoms in total. The van der Waals surface area contributed by atoms with Crippen molar-refractivity contribution in [2.24, 2.45) is 0 Å². The number of hydrogen-bond acceptors (Lipinski definition) is 4. The molecule has 0 atom stereocenters. The number of hydrogen-bond donors (Lipinski definition) is 1. The Morgan fingerprint density at radius 2 is 2.28 bits per heavy atom. The molecule has 94 valence electrons. The molecule has 1 heterocycles. The molecule has 0 radical (unpaired) electrons. The van der Waals surface area contributed by atoms with Crippen LogP contribution in [-0.4, -0.2) is 22.6 Å². The van der Waals surface area contributed by atoms with E-state index >= 15 is 0 Å². The van der Waals surface area contributed by atoms with Gasteiger partial charge in [0.05, 0.1) is 24.0 Å². The van der Waals surface area contributed by atoms with E-state index in [1.165, 1.54) is 7.11 Å². The average molecular weight is 245 g/mol. The van der Waals surface area contributed by atoms with Gasteiger partial charge in [0.1, 0.15) is 5.82 Å². The van der Waals surface area contributed by atoms with E-state index in [-0.39, 0.29) is 0 Å². The van der Waals surface area contributed by atoms with Crippen LogP contribution in [0.1, 0.15) is 23.1 Å². The maximum atomic E-state index is 11.8. The summed E-state index contributed by atoms with van der Waals surface area (Å²) in [6.45, 7) is 2.00. The number of anilines is 1. The molecule has 2 aromatic rings. The van der Waals surface area contributed by atoms with Gasteiger partial charge in [-0.05, 0) is 12.1 Å². The Hall–Kier alpha value is -2.30. The highest BCUT2D eigenvalue weighted by atomic mass is 16.5. The number of nitrogen functional groups attached to an aromatic ring is 1. The van der Waals surface area contributed by atoms with Gasteiger partial charge in [-0.25, -0.2) is 9.78 Å². The predicted molar refractivity (Wildman–Crippen MR) is 68.7 cm³/mol. The van der Waals surface area contributed by atoms with Crippen LogP contribution < -0.4 is 5.73 Å². The largest absolute Gasteiger partial charge is 0.465 e. The Labute approximate surface area is 105 Å². The summed E-state index contributed by atoms with van der Waals surface area (Å²) >= 11 is 0. The first-order valence-electron chi connectivity index (χ1n) is 5.68. The fourth-order valence-electron chi connectivity index (χ4n) is 1.90. The van der Waals surface area contributed by atoms with Crippen LogP contribution in [0.2, 0.25) is 0 Å². The van der Waals surface area contributed by atoms with Crippen LogP contribution in [0.25, 0.3) is 5.69 Å². The predicted octanol–water partition coefficient (Wildman–Crippen LogP) is 1.80. The number of ether oxygens (including phenoxy) is 1. The topological polar surface area (TPSA) is 70.1 Å². The van der Waals surface area contributed by atoms with Crippen LogP contribution in [0, 0.1) is 0 Å². The van der Waals surface area contributed by atoms with Crippen molar-refractivity contribution in [3.63, 3.8) is 0 Å². The molecule has 0 saturated carbocycles. The van der Waals surface area contributed by atoms with Crippen LogP contribution in [0.5, 0.6) is 0 Å². The molecular weight excluding hydrogens is 230 g/mol. The summed E-state index contributed by atoms with van der Waals surface area (Å²) in [4.78, 5) is 16.0. The van der Waals surface area contributed by atoms with Crippen molar-refractivity contribution in [3.05, 3.63) is 42.0 Å². The molecule has 0 spiro atoms. The molecule has 2 N–H and O–H groups in total. The highest BCUT2D eigenvalue weighted by Crippen LogP contribution is 2.24. The second-order valence-electron chi connectivity index (χ2n) is 3.80. The van der Waals surface area contributed by atoms with Crippen LogP contribution in [0.4, 0.5) is 5.69 Å². The molecule has 0 aliphatic carbocycles. The Morgan fingerprint density at radius 1 is 1.50 bits per heavy atom. The fourth-order valence-corrected chi connectivity index (χ4v) is 1.90.